The molecule has 0 saturated heterocycles. The zero-order valence-electron chi connectivity index (χ0n) is 20.7. The molecule has 7 nitrogen and oxygen atoms in total. The van der Waals surface area contributed by atoms with Crippen molar-refractivity contribution in [3.05, 3.63) is 66.6 Å². The maximum Gasteiger partial charge on any atom is 0.319 e. The molecule has 36 heavy (non-hydrogen) atoms. The number of aliphatic hydroxyl groups is 1. The topological polar surface area (TPSA) is 88.4 Å². The lowest BCUT2D eigenvalue weighted by Crippen LogP contribution is -2.53. The number of imidazole rings is 1. The van der Waals surface area contributed by atoms with Crippen LogP contribution in [0, 0.1) is 5.41 Å². The van der Waals surface area contributed by atoms with Crippen molar-refractivity contribution in [1.82, 2.24) is 14.9 Å². The molecular formula is C29H34N4O3. The van der Waals surface area contributed by atoms with Crippen LogP contribution in [0.4, 0.5) is 10.5 Å². The highest BCUT2D eigenvalue weighted by molar-refractivity contribution is 5.89. The molecule has 1 aromatic heterocycles. The number of nitrogens with zero attached hydrogens (tertiary/aromatic N) is 2. The molecule has 2 aromatic carbocycles. The van der Waals surface area contributed by atoms with Gasteiger partial charge in [-0.25, -0.2) is 9.78 Å². The van der Waals surface area contributed by atoms with E-state index >= 15 is 0 Å². The molecule has 2 unspecified atom stereocenters. The molecule has 2 atom stereocenters. The number of methoxy groups -OCH3 is 1. The number of rotatable bonds is 6. The van der Waals surface area contributed by atoms with Gasteiger partial charge in [0.25, 0.3) is 0 Å². The van der Waals surface area contributed by atoms with Gasteiger partial charge in [-0.3, -0.25) is 0 Å². The van der Waals surface area contributed by atoms with Crippen molar-refractivity contribution in [2.45, 2.75) is 69.1 Å². The molecule has 3 aromatic rings. The monoisotopic (exact) mass is 486 g/mol. The fourth-order valence-electron chi connectivity index (χ4n) is 6.90. The largest absolute Gasteiger partial charge is 0.497 e. The van der Waals surface area contributed by atoms with Crippen LogP contribution < -0.4 is 15.4 Å². The zero-order valence-corrected chi connectivity index (χ0v) is 20.7. The van der Waals surface area contributed by atoms with Gasteiger partial charge in [-0.1, -0.05) is 30.7 Å². The summed E-state index contributed by atoms with van der Waals surface area (Å²) in [6.45, 7) is 0. The zero-order chi connectivity index (χ0) is 24.8. The van der Waals surface area contributed by atoms with Crippen LogP contribution in [0.25, 0.3) is 11.3 Å². The molecule has 4 aliphatic rings. The van der Waals surface area contributed by atoms with Crippen molar-refractivity contribution < 1.29 is 14.6 Å². The standard InChI is InChI=1S/C29H34N4O3/c1-36-21-9-7-20(8-10-21)31-27(35)32-29-12-4-11-28(13-15-29,14-16-29)26(34)17-24-22-5-2-3-6-23(22)25-18-30-19-33(24)25/h2-3,5-10,18-19,24,26,34H,4,11-17H2,1H3,(H2,31,32,35). The minimum Gasteiger partial charge on any atom is -0.497 e. The number of fused-ring (bicyclic) bond motifs is 7. The van der Waals surface area contributed by atoms with E-state index in [1.807, 2.05) is 36.8 Å². The fraction of sp³-hybridized carbons (Fsp3) is 0.448. The van der Waals surface area contributed by atoms with Gasteiger partial charge in [0.2, 0.25) is 0 Å². The molecule has 7 heteroatoms. The predicted molar refractivity (Wildman–Crippen MR) is 139 cm³/mol. The molecule has 1 aliphatic heterocycles. The molecule has 3 fully saturated rings. The van der Waals surface area contributed by atoms with E-state index in [-0.39, 0.29) is 23.0 Å². The van der Waals surface area contributed by atoms with Crippen LogP contribution in [0.15, 0.2) is 61.1 Å². The van der Waals surface area contributed by atoms with Crippen LogP contribution in [-0.2, 0) is 0 Å². The summed E-state index contributed by atoms with van der Waals surface area (Å²) in [6, 6.07) is 15.8. The SMILES string of the molecule is COc1ccc(NC(=O)NC23CCCC(C(O)CC4c5ccccc5-c5cncn54)(CC2)CC3)cc1. The first-order chi connectivity index (χ1) is 17.5. The molecule has 0 spiro atoms. The van der Waals surface area contributed by atoms with Crippen LogP contribution in [0.5, 0.6) is 5.75 Å². The number of benzene rings is 2. The minimum absolute atomic E-state index is 0.0909. The highest BCUT2D eigenvalue weighted by atomic mass is 16.5. The third kappa shape index (κ3) is 3.95. The number of urea groups is 1. The number of hydrogen-bond donors (Lipinski definition) is 3. The number of amides is 2. The van der Waals surface area contributed by atoms with Crippen molar-refractivity contribution in [1.29, 1.82) is 0 Å². The lowest BCUT2D eigenvalue weighted by Gasteiger charge is -2.46. The third-order valence-corrected chi connectivity index (χ3v) is 9.01. The van der Waals surface area contributed by atoms with Gasteiger partial charge in [0.1, 0.15) is 5.75 Å². The Labute approximate surface area is 211 Å². The second-order valence-corrected chi connectivity index (χ2v) is 10.8. The van der Waals surface area contributed by atoms with Crippen molar-refractivity contribution in [3.63, 3.8) is 0 Å². The molecule has 0 radical (unpaired) electrons. The van der Waals surface area contributed by atoms with Crippen molar-refractivity contribution in [3.8, 4) is 17.0 Å². The Bertz CT molecular complexity index is 1240. The van der Waals surface area contributed by atoms with Gasteiger partial charge < -0.3 is 25.0 Å². The van der Waals surface area contributed by atoms with E-state index < -0.39 is 6.10 Å². The second kappa shape index (κ2) is 8.96. The maximum atomic E-state index is 12.9. The Morgan fingerprint density at radius 2 is 1.89 bits per heavy atom. The van der Waals surface area contributed by atoms with Gasteiger partial charge in [-0.15, -0.1) is 0 Å². The van der Waals surface area contributed by atoms with Crippen molar-refractivity contribution in [2.24, 2.45) is 5.41 Å². The smallest absolute Gasteiger partial charge is 0.319 e. The summed E-state index contributed by atoms with van der Waals surface area (Å²) in [7, 11) is 1.63. The van der Waals surface area contributed by atoms with E-state index in [1.165, 1.54) is 11.1 Å². The lowest BCUT2D eigenvalue weighted by atomic mass is 9.64. The van der Waals surface area contributed by atoms with Crippen LogP contribution in [0.2, 0.25) is 0 Å². The van der Waals surface area contributed by atoms with Crippen molar-refractivity contribution >= 4 is 11.7 Å². The lowest BCUT2D eigenvalue weighted by molar-refractivity contribution is -0.0237. The first-order valence-electron chi connectivity index (χ1n) is 13.0. The van der Waals surface area contributed by atoms with E-state index in [0.717, 1.165) is 62.1 Å². The Morgan fingerprint density at radius 3 is 2.67 bits per heavy atom. The number of aliphatic hydroxyl groups excluding tert-OH is 1. The van der Waals surface area contributed by atoms with E-state index in [4.69, 9.17) is 4.74 Å². The fourth-order valence-corrected chi connectivity index (χ4v) is 6.90. The second-order valence-electron chi connectivity index (χ2n) is 10.8. The summed E-state index contributed by atoms with van der Waals surface area (Å²) < 4.78 is 7.42. The number of anilines is 1. The van der Waals surface area contributed by atoms with E-state index in [9.17, 15) is 9.90 Å². The average molecular weight is 487 g/mol. The van der Waals surface area contributed by atoms with E-state index in [2.05, 4.69) is 44.5 Å². The normalized spacial score (nSPS) is 27.0. The van der Waals surface area contributed by atoms with Gasteiger partial charge in [0, 0.05) is 16.8 Å². The molecule has 2 heterocycles. The van der Waals surface area contributed by atoms with Crippen LogP contribution in [-0.4, -0.2) is 39.4 Å². The third-order valence-electron chi connectivity index (χ3n) is 9.01. The molecule has 7 rings (SSSR count). The van der Waals surface area contributed by atoms with Gasteiger partial charge in [0.05, 0.1) is 37.5 Å². The number of nitrogens with one attached hydrogen (secondary N) is 2. The van der Waals surface area contributed by atoms with Gasteiger partial charge in [-0.2, -0.15) is 0 Å². The summed E-state index contributed by atoms with van der Waals surface area (Å²) in [6.07, 6.45) is 10.8. The number of aromatic nitrogens is 2. The molecule has 3 aliphatic carbocycles. The predicted octanol–water partition coefficient (Wildman–Crippen LogP) is 5.52. The van der Waals surface area contributed by atoms with Crippen molar-refractivity contribution in [2.75, 3.05) is 12.4 Å². The van der Waals surface area contributed by atoms with Crippen LogP contribution in [0.1, 0.15) is 63.0 Å². The van der Waals surface area contributed by atoms with Crippen LogP contribution in [0.3, 0.4) is 0 Å². The molecule has 3 N–H and O–H groups in total. The summed E-state index contributed by atoms with van der Waals surface area (Å²) in [5, 5.41) is 18.0. The highest BCUT2D eigenvalue weighted by Gasteiger charge is 2.50. The Balaban J connectivity index is 1.13. The highest BCUT2D eigenvalue weighted by Crippen LogP contribution is 2.54. The molecule has 2 bridgehead atoms. The Morgan fingerprint density at radius 1 is 1.11 bits per heavy atom. The first kappa shape index (κ1) is 23.1. The average Bonchev–Trinajstić information content (AvgIpc) is 3.36. The van der Waals surface area contributed by atoms with Crippen LogP contribution >= 0.6 is 0 Å². The summed E-state index contributed by atoms with van der Waals surface area (Å²) in [4.78, 5) is 17.2. The van der Waals surface area contributed by atoms with E-state index in [0.29, 0.717) is 6.42 Å². The van der Waals surface area contributed by atoms with E-state index in [1.54, 1.807) is 7.11 Å². The summed E-state index contributed by atoms with van der Waals surface area (Å²) in [5.41, 5.74) is 4.09. The number of carbonyl (C=O) groups is 1. The summed E-state index contributed by atoms with van der Waals surface area (Å²) >= 11 is 0. The number of hydrogen-bond acceptors (Lipinski definition) is 4. The first-order valence-corrected chi connectivity index (χ1v) is 13.0. The molecular weight excluding hydrogens is 452 g/mol. The molecule has 3 saturated carbocycles. The Hall–Kier alpha value is -3.32. The number of ether oxygens (including phenoxy) is 1. The molecule has 188 valence electrons. The maximum absolute atomic E-state index is 12.9. The Kier molecular flexibility index (Phi) is 5.75. The quantitative estimate of drug-likeness (QED) is 0.428. The number of carbonyl (C=O) groups excluding carboxylic acids is 1. The molecule has 2 amide bonds. The summed E-state index contributed by atoms with van der Waals surface area (Å²) in [5.74, 6) is 0.760. The van der Waals surface area contributed by atoms with Gasteiger partial charge in [0.15, 0.2) is 0 Å². The van der Waals surface area contributed by atoms with Gasteiger partial charge >= 0.3 is 6.03 Å². The minimum atomic E-state index is -0.395. The van der Waals surface area contributed by atoms with Gasteiger partial charge in [-0.05, 0) is 80.2 Å².